The quantitative estimate of drug-likeness (QED) is 0.564. The minimum Gasteiger partial charge on any atom is -0.228 e. The van der Waals surface area contributed by atoms with Gasteiger partial charge in [0, 0.05) is 6.92 Å². The third-order valence-electron chi connectivity index (χ3n) is 3.10. The summed E-state index contributed by atoms with van der Waals surface area (Å²) in [5.41, 5.74) is 2.46. The second kappa shape index (κ2) is 3.07. The summed E-state index contributed by atoms with van der Waals surface area (Å²) in [4.78, 5) is 0. The zero-order chi connectivity index (χ0) is 11.3. The van der Waals surface area contributed by atoms with Gasteiger partial charge in [-0.2, -0.15) is 4.40 Å². The zero-order valence-electron chi connectivity index (χ0n) is 9.81. The third-order valence-corrected chi connectivity index (χ3v) is 3.10. The molecule has 0 radical (unpaired) electrons. The molecule has 0 atom stereocenters. The molecule has 0 bridgehead atoms. The van der Waals surface area contributed by atoms with Gasteiger partial charge < -0.3 is 0 Å². The summed E-state index contributed by atoms with van der Waals surface area (Å²) in [7, 11) is 2.09. The molecule has 0 spiro atoms. The molecule has 0 unspecified atom stereocenters. The summed E-state index contributed by atoms with van der Waals surface area (Å²) in [6, 6.07) is 8.41. The van der Waals surface area contributed by atoms with Crippen molar-refractivity contribution >= 4 is 16.8 Å². The number of aryl methyl sites for hydroxylation is 3. The SMILES string of the molecule is CCn1nc(C)n2c3ccccc3[n+](C)c12. The van der Waals surface area contributed by atoms with Crippen LogP contribution in [0.3, 0.4) is 0 Å². The normalized spacial score (nSPS) is 11.7. The average molecular weight is 215 g/mol. The molecule has 2 aromatic heterocycles. The van der Waals surface area contributed by atoms with Crippen LogP contribution in [0.1, 0.15) is 12.7 Å². The van der Waals surface area contributed by atoms with Gasteiger partial charge in [-0.1, -0.05) is 17.2 Å². The number of benzene rings is 1. The average Bonchev–Trinajstić information content (AvgIpc) is 2.78. The topological polar surface area (TPSA) is 26.1 Å². The van der Waals surface area contributed by atoms with Crippen molar-refractivity contribution in [3.63, 3.8) is 0 Å². The van der Waals surface area contributed by atoms with E-state index in [9.17, 15) is 0 Å². The Bertz CT molecular complexity index is 675. The van der Waals surface area contributed by atoms with E-state index in [0.29, 0.717) is 0 Å². The lowest BCUT2D eigenvalue weighted by molar-refractivity contribution is -0.621. The molecule has 3 rings (SSSR count). The lowest BCUT2D eigenvalue weighted by atomic mass is 10.3. The number of fused-ring (bicyclic) bond motifs is 3. The summed E-state index contributed by atoms with van der Waals surface area (Å²) < 4.78 is 6.44. The van der Waals surface area contributed by atoms with Crippen molar-refractivity contribution in [2.45, 2.75) is 20.4 Å². The number of imidazole rings is 1. The van der Waals surface area contributed by atoms with Gasteiger partial charge in [0.2, 0.25) is 5.82 Å². The molecule has 3 aromatic rings. The molecule has 0 N–H and O–H groups in total. The Hall–Kier alpha value is -1.84. The number of nitrogens with zero attached hydrogens (tertiary/aromatic N) is 4. The highest BCUT2D eigenvalue weighted by molar-refractivity contribution is 5.75. The Labute approximate surface area is 93.7 Å². The molecule has 0 aliphatic carbocycles. The Kier molecular flexibility index (Phi) is 1.80. The van der Waals surface area contributed by atoms with Crippen molar-refractivity contribution in [1.29, 1.82) is 0 Å². The van der Waals surface area contributed by atoms with Gasteiger partial charge in [-0.25, -0.2) is 4.57 Å². The fourth-order valence-corrected chi connectivity index (χ4v) is 2.39. The molecule has 16 heavy (non-hydrogen) atoms. The first kappa shape index (κ1) is 9.39. The van der Waals surface area contributed by atoms with Crippen LogP contribution in [-0.4, -0.2) is 14.2 Å². The van der Waals surface area contributed by atoms with E-state index in [1.165, 1.54) is 11.0 Å². The van der Waals surface area contributed by atoms with E-state index < -0.39 is 0 Å². The highest BCUT2D eigenvalue weighted by atomic mass is 15.4. The van der Waals surface area contributed by atoms with E-state index in [0.717, 1.165) is 18.1 Å². The second-order valence-electron chi connectivity index (χ2n) is 4.05. The van der Waals surface area contributed by atoms with Crippen molar-refractivity contribution in [1.82, 2.24) is 14.2 Å². The maximum absolute atomic E-state index is 4.54. The number of rotatable bonds is 1. The van der Waals surface area contributed by atoms with Crippen molar-refractivity contribution in [3.8, 4) is 0 Å². The number of hydrogen-bond donors (Lipinski definition) is 0. The van der Waals surface area contributed by atoms with Crippen LogP contribution >= 0.6 is 0 Å². The first-order chi connectivity index (χ1) is 7.74. The van der Waals surface area contributed by atoms with E-state index in [1.807, 2.05) is 11.6 Å². The number of aromatic nitrogens is 4. The highest BCUT2D eigenvalue weighted by Crippen LogP contribution is 2.15. The minimum atomic E-state index is 0.890. The van der Waals surface area contributed by atoms with Crippen LogP contribution in [-0.2, 0) is 13.6 Å². The Morgan fingerprint density at radius 1 is 1.31 bits per heavy atom. The van der Waals surface area contributed by atoms with Crippen LogP contribution in [0.15, 0.2) is 24.3 Å². The molecule has 0 aliphatic heterocycles. The van der Waals surface area contributed by atoms with Crippen molar-refractivity contribution < 1.29 is 4.57 Å². The number of para-hydroxylation sites is 2. The Balaban J connectivity index is 2.62. The van der Waals surface area contributed by atoms with Crippen LogP contribution in [0.2, 0.25) is 0 Å². The van der Waals surface area contributed by atoms with E-state index in [2.05, 4.69) is 52.3 Å². The smallest absolute Gasteiger partial charge is 0.228 e. The summed E-state index contributed by atoms with van der Waals surface area (Å²) in [5.74, 6) is 2.18. The van der Waals surface area contributed by atoms with Gasteiger partial charge in [0.15, 0.2) is 0 Å². The lowest BCUT2D eigenvalue weighted by Gasteiger charge is -1.91. The standard InChI is InChI=1S/C12H15N4/c1-4-15-12-14(3)10-7-5-6-8-11(10)16(12)9(2)13-15/h5-8H,4H2,1-3H3/q+1. The van der Waals surface area contributed by atoms with Gasteiger partial charge in [-0.15, -0.1) is 4.68 Å². The molecule has 0 fully saturated rings. The molecule has 82 valence electrons. The fourth-order valence-electron chi connectivity index (χ4n) is 2.39. The summed E-state index contributed by atoms with van der Waals surface area (Å²) >= 11 is 0. The molecule has 4 nitrogen and oxygen atoms in total. The fraction of sp³-hybridized carbons (Fsp3) is 0.333. The van der Waals surface area contributed by atoms with Gasteiger partial charge >= 0.3 is 5.78 Å². The first-order valence-corrected chi connectivity index (χ1v) is 5.56. The van der Waals surface area contributed by atoms with Gasteiger partial charge in [-0.3, -0.25) is 0 Å². The predicted molar refractivity (Wildman–Crippen MR) is 62.3 cm³/mol. The van der Waals surface area contributed by atoms with Crippen LogP contribution in [0.4, 0.5) is 0 Å². The molecule has 4 heteroatoms. The Morgan fingerprint density at radius 2 is 2.06 bits per heavy atom. The van der Waals surface area contributed by atoms with Crippen LogP contribution in [0.5, 0.6) is 0 Å². The molecule has 2 heterocycles. The van der Waals surface area contributed by atoms with E-state index >= 15 is 0 Å². The third kappa shape index (κ3) is 0.988. The molecule has 0 amide bonds. The maximum Gasteiger partial charge on any atom is 0.390 e. The maximum atomic E-state index is 4.54. The minimum absolute atomic E-state index is 0.890. The second-order valence-corrected chi connectivity index (χ2v) is 4.05. The largest absolute Gasteiger partial charge is 0.390 e. The summed E-state index contributed by atoms with van der Waals surface area (Å²) in [6.45, 7) is 5.05. The van der Waals surface area contributed by atoms with Crippen LogP contribution in [0.25, 0.3) is 16.8 Å². The van der Waals surface area contributed by atoms with E-state index in [-0.39, 0.29) is 0 Å². The van der Waals surface area contributed by atoms with E-state index in [4.69, 9.17) is 0 Å². The van der Waals surface area contributed by atoms with Gasteiger partial charge in [-0.05, 0) is 19.1 Å². The molecule has 0 saturated carbocycles. The molecular weight excluding hydrogens is 200 g/mol. The van der Waals surface area contributed by atoms with Crippen molar-refractivity contribution in [3.05, 3.63) is 30.1 Å². The highest BCUT2D eigenvalue weighted by Gasteiger charge is 2.22. The Morgan fingerprint density at radius 3 is 2.81 bits per heavy atom. The van der Waals surface area contributed by atoms with E-state index in [1.54, 1.807) is 0 Å². The van der Waals surface area contributed by atoms with Gasteiger partial charge in [0.05, 0.1) is 13.6 Å². The molecular formula is C12H15N4+. The van der Waals surface area contributed by atoms with Crippen LogP contribution < -0.4 is 4.57 Å². The van der Waals surface area contributed by atoms with Gasteiger partial charge in [0.1, 0.15) is 11.0 Å². The predicted octanol–water partition coefficient (Wildman–Crippen LogP) is 1.44. The zero-order valence-corrected chi connectivity index (χ0v) is 9.81. The van der Waals surface area contributed by atoms with Crippen LogP contribution in [0, 0.1) is 6.92 Å². The lowest BCUT2D eigenvalue weighted by Crippen LogP contribution is -2.29. The monoisotopic (exact) mass is 215 g/mol. The molecule has 0 saturated heterocycles. The molecule has 1 aromatic carbocycles. The number of hydrogen-bond acceptors (Lipinski definition) is 1. The van der Waals surface area contributed by atoms with Crippen molar-refractivity contribution in [2.75, 3.05) is 0 Å². The summed E-state index contributed by atoms with van der Waals surface area (Å²) in [6.07, 6.45) is 0. The first-order valence-electron chi connectivity index (χ1n) is 5.56. The molecule has 0 aliphatic rings. The van der Waals surface area contributed by atoms with Crippen molar-refractivity contribution in [2.24, 2.45) is 7.05 Å². The summed E-state index contributed by atoms with van der Waals surface area (Å²) in [5, 5.41) is 4.54. The van der Waals surface area contributed by atoms with Gasteiger partial charge in [0.25, 0.3) is 0 Å².